The number of carbonyl (C=O) groups excluding carboxylic acids is 1. The summed E-state index contributed by atoms with van der Waals surface area (Å²) in [5.74, 6) is 6.77. The van der Waals surface area contributed by atoms with Gasteiger partial charge >= 0.3 is 0 Å². The Morgan fingerprint density at radius 1 is 1.55 bits per heavy atom. The van der Waals surface area contributed by atoms with Crippen LogP contribution >= 0.6 is 11.3 Å². The van der Waals surface area contributed by atoms with Crippen LogP contribution < -0.4 is 0 Å². The third-order valence-electron chi connectivity index (χ3n) is 3.46. The topological polar surface area (TPSA) is 40.5 Å². The molecule has 4 heteroatoms. The number of carbonyl (C=O) groups is 1. The summed E-state index contributed by atoms with van der Waals surface area (Å²) >= 11 is 1.65. The summed E-state index contributed by atoms with van der Waals surface area (Å²) in [5, 5.41) is 10.7. The van der Waals surface area contributed by atoms with Crippen LogP contribution in [0, 0.1) is 17.8 Å². The Hall–Kier alpha value is -1.31. The minimum Gasteiger partial charge on any atom is -0.395 e. The molecule has 0 aliphatic carbocycles. The van der Waals surface area contributed by atoms with Crippen molar-refractivity contribution in [1.29, 1.82) is 0 Å². The zero-order valence-electron chi connectivity index (χ0n) is 11.9. The Kier molecular flexibility index (Phi) is 5.63. The van der Waals surface area contributed by atoms with E-state index in [0.29, 0.717) is 25.3 Å². The quantitative estimate of drug-likeness (QED) is 0.847. The molecule has 0 bridgehead atoms. The van der Waals surface area contributed by atoms with Gasteiger partial charge in [0.15, 0.2) is 0 Å². The predicted molar refractivity (Wildman–Crippen MR) is 81.3 cm³/mol. The van der Waals surface area contributed by atoms with E-state index in [1.807, 2.05) is 10.3 Å². The Bertz CT molecular complexity index is 512. The predicted octanol–water partition coefficient (Wildman–Crippen LogP) is 2.63. The van der Waals surface area contributed by atoms with Crippen molar-refractivity contribution in [2.24, 2.45) is 5.92 Å². The summed E-state index contributed by atoms with van der Waals surface area (Å²) < 4.78 is 0. The second-order valence-corrected chi connectivity index (χ2v) is 6.21. The van der Waals surface area contributed by atoms with E-state index in [9.17, 15) is 4.79 Å². The van der Waals surface area contributed by atoms with Gasteiger partial charge < -0.3 is 10.0 Å². The van der Waals surface area contributed by atoms with E-state index in [-0.39, 0.29) is 12.5 Å². The third-order valence-corrected chi connectivity index (χ3v) is 4.38. The van der Waals surface area contributed by atoms with Crippen LogP contribution in [0.25, 0.3) is 0 Å². The van der Waals surface area contributed by atoms with Crippen molar-refractivity contribution in [2.45, 2.75) is 39.2 Å². The number of nitrogens with zero attached hydrogens (tertiary/aromatic N) is 1. The summed E-state index contributed by atoms with van der Waals surface area (Å²) in [6, 6.07) is 2.05. The summed E-state index contributed by atoms with van der Waals surface area (Å²) in [6.45, 7) is 3.89. The van der Waals surface area contributed by atoms with Gasteiger partial charge in [0, 0.05) is 35.2 Å². The molecular weight excluding hydrogens is 270 g/mol. The van der Waals surface area contributed by atoms with Crippen LogP contribution in [0.3, 0.4) is 0 Å². The van der Waals surface area contributed by atoms with Crippen LogP contribution in [0.5, 0.6) is 0 Å². The molecule has 1 aromatic heterocycles. The molecule has 1 unspecified atom stereocenters. The first-order chi connectivity index (χ1) is 9.72. The smallest absolute Gasteiger partial charge is 0.223 e. The minimum absolute atomic E-state index is 0.102. The lowest BCUT2D eigenvalue weighted by molar-refractivity contribution is -0.128. The standard InChI is InChI=1S/C16H21NO2S/c1-2-5-13-9-16(19)17(10-13)11-15-8-14(12-20-15)6-3-4-7-18/h8,12-13,18H,2,4-5,7,9-11H2,1H3. The highest BCUT2D eigenvalue weighted by atomic mass is 32.1. The number of thiophene rings is 1. The van der Waals surface area contributed by atoms with Gasteiger partial charge in [-0.25, -0.2) is 0 Å². The van der Waals surface area contributed by atoms with Crippen LogP contribution in [0.15, 0.2) is 11.4 Å². The van der Waals surface area contributed by atoms with Crippen molar-refractivity contribution in [3.05, 3.63) is 21.9 Å². The van der Waals surface area contributed by atoms with Gasteiger partial charge in [0.05, 0.1) is 13.2 Å². The first-order valence-corrected chi connectivity index (χ1v) is 8.05. The molecule has 20 heavy (non-hydrogen) atoms. The molecular formula is C16H21NO2S. The van der Waals surface area contributed by atoms with Crippen LogP contribution in [0.4, 0.5) is 0 Å². The van der Waals surface area contributed by atoms with Crippen LogP contribution in [0.2, 0.25) is 0 Å². The van der Waals surface area contributed by atoms with Gasteiger partial charge in [0.25, 0.3) is 0 Å². The maximum absolute atomic E-state index is 12.0. The highest BCUT2D eigenvalue weighted by Gasteiger charge is 2.28. The Balaban J connectivity index is 1.91. The lowest BCUT2D eigenvalue weighted by Crippen LogP contribution is -2.24. The molecule has 0 saturated carbocycles. The molecule has 0 aromatic carbocycles. The van der Waals surface area contributed by atoms with E-state index in [1.54, 1.807) is 11.3 Å². The molecule has 0 spiro atoms. The molecule has 1 saturated heterocycles. The van der Waals surface area contributed by atoms with Gasteiger partial charge in [-0.1, -0.05) is 25.2 Å². The lowest BCUT2D eigenvalue weighted by Gasteiger charge is -2.15. The lowest BCUT2D eigenvalue weighted by atomic mass is 10.0. The molecule has 1 aromatic rings. The largest absolute Gasteiger partial charge is 0.395 e. The molecule has 1 atom stereocenters. The average molecular weight is 291 g/mol. The van der Waals surface area contributed by atoms with E-state index in [0.717, 1.165) is 24.9 Å². The number of amides is 1. The monoisotopic (exact) mass is 291 g/mol. The maximum Gasteiger partial charge on any atom is 0.223 e. The van der Waals surface area contributed by atoms with Crippen molar-refractivity contribution >= 4 is 17.2 Å². The first kappa shape index (κ1) is 15.1. The molecule has 1 aliphatic rings. The van der Waals surface area contributed by atoms with E-state index < -0.39 is 0 Å². The molecule has 2 heterocycles. The fraction of sp³-hybridized carbons (Fsp3) is 0.562. The number of likely N-dealkylation sites (tertiary alicyclic amines) is 1. The van der Waals surface area contributed by atoms with E-state index >= 15 is 0 Å². The van der Waals surface area contributed by atoms with Crippen LogP contribution in [-0.4, -0.2) is 29.1 Å². The van der Waals surface area contributed by atoms with Gasteiger partial charge in [-0.05, 0) is 18.4 Å². The van der Waals surface area contributed by atoms with Crippen LogP contribution in [-0.2, 0) is 11.3 Å². The number of aliphatic hydroxyl groups is 1. The van der Waals surface area contributed by atoms with E-state index in [2.05, 4.69) is 24.8 Å². The normalized spacial score (nSPS) is 18.2. The van der Waals surface area contributed by atoms with Crippen molar-refractivity contribution in [2.75, 3.05) is 13.2 Å². The summed E-state index contributed by atoms with van der Waals surface area (Å²) in [6.07, 6.45) is 3.51. The average Bonchev–Trinajstić information content (AvgIpc) is 2.99. The van der Waals surface area contributed by atoms with Gasteiger partial charge in [-0.15, -0.1) is 11.3 Å². The summed E-state index contributed by atoms with van der Waals surface area (Å²) in [7, 11) is 0. The van der Waals surface area contributed by atoms with Gasteiger partial charge in [-0.3, -0.25) is 4.79 Å². The molecule has 3 nitrogen and oxygen atoms in total. The zero-order chi connectivity index (χ0) is 14.4. The highest BCUT2D eigenvalue weighted by Crippen LogP contribution is 2.25. The molecule has 2 rings (SSSR count). The Morgan fingerprint density at radius 3 is 3.15 bits per heavy atom. The number of aliphatic hydroxyl groups excluding tert-OH is 1. The maximum atomic E-state index is 12.0. The van der Waals surface area contributed by atoms with Gasteiger partial charge in [0.2, 0.25) is 5.91 Å². The summed E-state index contributed by atoms with van der Waals surface area (Å²) in [4.78, 5) is 15.1. The molecule has 0 radical (unpaired) electrons. The molecule has 1 N–H and O–H groups in total. The molecule has 1 fully saturated rings. The minimum atomic E-state index is 0.102. The Morgan fingerprint density at radius 2 is 2.40 bits per heavy atom. The second kappa shape index (κ2) is 7.47. The van der Waals surface area contributed by atoms with E-state index in [1.165, 1.54) is 4.88 Å². The molecule has 1 amide bonds. The number of rotatable bonds is 5. The highest BCUT2D eigenvalue weighted by molar-refractivity contribution is 7.10. The van der Waals surface area contributed by atoms with Gasteiger partial charge in [-0.2, -0.15) is 0 Å². The SMILES string of the molecule is CCCC1CC(=O)N(Cc2cc(C#CCCO)cs2)C1. The fourth-order valence-electron chi connectivity index (χ4n) is 2.55. The first-order valence-electron chi connectivity index (χ1n) is 7.17. The Labute approximate surface area is 124 Å². The van der Waals surface area contributed by atoms with Crippen molar-refractivity contribution in [3.8, 4) is 11.8 Å². The van der Waals surface area contributed by atoms with Gasteiger partial charge in [0.1, 0.15) is 0 Å². The third kappa shape index (κ3) is 4.09. The zero-order valence-corrected chi connectivity index (χ0v) is 12.7. The van der Waals surface area contributed by atoms with Crippen molar-refractivity contribution < 1.29 is 9.90 Å². The number of hydrogen-bond donors (Lipinski definition) is 1. The van der Waals surface area contributed by atoms with Crippen molar-refractivity contribution in [3.63, 3.8) is 0 Å². The molecule has 108 valence electrons. The number of hydrogen-bond acceptors (Lipinski definition) is 3. The van der Waals surface area contributed by atoms with Crippen LogP contribution in [0.1, 0.15) is 43.0 Å². The van der Waals surface area contributed by atoms with E-state index in [4.69, 9.17) is 5.11 Å². The molecule has 1 aliphatic heterocycles. The fourth-order valence-corrected chi connectivity index (χ4v) is 3.38. The summed E-state index contributed by atoms with van der Waals surface area (Å²) in [5.41, 5.74) is 0.982. The van der Waals surface area contributed by atoms with Crippen molar-refractivity contribution in [1.82, 2.24) is 4.90 Å². The second-order valence-electron chi connectivity index (χ2n) is 5.21.